The highest BCUT2D eigenvalue weighted by molar-refractivity contribution is 5.87. The molecular formula is C14H23NO. The van der Waals surface area contributed by atoms with E-state index in [9.17, 15) is 4.79 Å². The molecule has 90 valence electrons. The van der Waals surface area contributed by atoms with Crippen molar-refractivity contribution in [2.75, 3.05) is 6.54 Å². The highest BCUT2D eigenvalue weighted by Gasteiger charge is 1.92. The Morgan fingerprint density at radius 3 is 2.44 bits per heavy atom. The summed E-state index contributed by atoms with van der Waals surface area (Å²) in [6.07, 6.45) is 9.71. The lowest BCUT2D eigenvalue weighted by Crippen LogP contribution is -2.20. The van der Waals surface area contributed by atoms with Gasteiger partial charge in [-0.15, -0.1) is 0 Å². The van der Waals surface area contributed by atoms with E-state index >= 15 is 0 Å². The zero-order chi connectivity index (χ0) is 12.4. The zero-order valence-corrected chi connectivity index (χ0v) is 10.8. The minimum Gasteiger partial charge on any atom is -0.349 e. The molecule has 0 saturated heterocycles. The van der Waals surface area contributed by atoms with Crippen LogP contribution < -0.4 is 5.32 Å². The number of carbonyl (C=O) groups excluding carboxylic acids is 1. The van der Waals surface area contributed by atoms with E-state index in [4.69, 9.17) is 0 Å². The van der Waals surface area contributed by atoms with Gasteiger partial charge in [0.15, 0.2) is 0 Å². The van der Waals surface area contributed by atoms with Gasteiger partial charge in [0.05, 0.1) is 0 Å². The first-order valence-electron chi connectivity index (χ1n) is 5.75. The predicted molar refractivity (Wildman–Crippen MR) is 70.2 cm³/mol. The third kappa shape index (κ3) is 9.25. The summed E-state index contributed by atoms with van der Waals surface area (Å²) in [4.78, 5) is 11.1. The van der Waals surface area contributed by atoms with Gasteiger partial charge >= 0.3 is 0 Å². The topological polar surface area (TPSA) is 29.1 Å². The molecule has 16 heavy (non-hydrogen) atoms. The van der Waals surface area contributed by atoms with Crippen molar-refractivity contribution >= 4 is 5.91 Å². The average molecular weight is 221 g/mol. The van der Waals surface area contributed by atoms with Crippen LogP contribution in [0.2, 0.25) is 0 Å². The zero-order valence-electron chi connectivity index (χ0n) is 10.8. The van der Waals surface area contributed by atoms with Crippen molar-refractivity contribution in [2.24, 2.45) is 0 Å². The van der Waals surface area contributed by atoms with Crippen LogP contribution >= 0.6 is 0 Å². The molecule has 0 aromatic carbocycles. The van der Waals surface area contributed by atoms with Crippen LogP contribution in [-0.4, -0.2) is 12.5 Å². The second kappa shape index (κ2) is 8.96. The van der Waals surface area contributed by atoms with Crippen molar-refractivity contribution in [3.8, 4) is 0 Å². The number of amides is 1. The number of carbonyl (C=O) groups is 1. The molecule has 0 unspecified atom stereocenters. The minimum atomic E-state index is -0.0316. The van der Waals surface area contributed by atoms with Gasteiger partial charge in [0, 0.05) is 6.54 Å². The second-order valence-corrected chi connectivity index (χ2v) is 4.12. The van der Waals surface area contributed by atoms with E-state index in [-0.39, 0.29) is 5.91 Å². The van der Waals surface area contributed by atoms with Crippen molar-refractivity contribution in [3.63, 3.8) is 0 Å². The molecule has 0 rings (SSSR count). The van der Waals surface area contributed by atoms with Crippen LogP contribution in [0.3, 0.4) is 0 Å². The van der Waals surface area contributed by atoms with Crippen LogP contribution in [0.15, 0.2) is 35.5 Å². The lowest BCUT2D eigenvalue weighted by atomic mass is 10.1. The van der Waals surface area contributed by atoms with Crippen molar-refractivity contribution in [2.45, 2.75) is 40.5 Å². The molecule has 1 N–H and O–H groups in total. The van der Waals surface area contributed by atoms with Crippen LogP contribution in [-0.2, 0) is 4.79 Å². The molecule has 0 aliphatic rings. The van der Waals surface area contributed by atoms with Crippen LogP contribution in [0.5, 0.6) is 0 Å². The van der Waals surface area contributed by atoms with Crippen molar-refractivity contribution in [3.05, 3.63) is 35.5 Å². The van der Waals surface area contributed by atoms with Gasteiger partial charge in [0.1, 0.15) is 0 Å². The lowest BCUT2D eigenvalue weighted by molar-refractivity contribution is -0.116. The minimum absolute atomic E-state index is 0.0316. The Hall–Kier alpha value is -1.31. The molecule has 1 amide bonds. The maximum atomic E-state index is 11.1. The van der Waals surface area contributed by atoms with Crippen LogP contribution in [0, 0.1) is 0 Å². The van der Waals surface area contributed by atoms with Gasteiger partial charge in [-0.1, -0.05) is 29.4 Å². The SMILES string of the molecule is CC=CC(=O)NC/C=C(/C)CCC=C(C)C. The normalized spacial score (nSPS) is 11.6. The van der Waals surface area contributed by atoms with E-state index < -0.39 is 0 Å². The molecule has 0 fully saturated rings. The van der Waals surface area contributed by atoms with Gasteiger partial charge in [-0.3, -0.25) is 4.79 Å². The second-order valence-electron chi connectivity index (χ2n) is 4.12. The first kappa shape index (κ1) is 14.7. The molecule has 2 nitrogen and oxygen atoms in total. The number of rotatable bonds is 6. The van der Waals surface area contributed by atoms with Crippen molar-refractivity contribution in [1.82, 2.24) is 5.32 Å². The van der Waals surface area contributed by atoms with Gasteiger partial charge in [0.2, 0.25) is 5.91 Å². The highest BCUT2D eigenvalue weighted by Crippen LogP contribution is 2.05. The maximum absolute atomic E-state index is 11.1. The van der Waals surface area contributed by atoms with Gasteiger partial charge in [0.25, 0.3) is 0 Å². The third-order valence-corrected chi connectivity index (χ3v) is 2.14. The van der Waals surface area contributed by atoms with E-state index in [0.29, 0.717) is 6.54 Å². The Labute approximate surface area is 99.1 Å². The van der Waals surface area contributed by atoms with Crippen molar-refractivity contribution < 1.29 is 4.79 Å². The standard InChI is InChI=1S/C14H23NO/c1-5-7-14(16)15-11-10-13(4)9-6-8-12(2)3/h5,7-8,10H,6,9,11H2,1-4H3,(H,15,16)/b7-5?,13-10-. The number of hydrogen-bond acceptors (Lipinski definition) is 1. The summed E-state index contributed by atoms with van der Waals surface area (Å²) < 4.78 is 0. The van der Waals surface area contributed by atoms with E-state index in [1.807, 2.05) is 6.92 Å². The lowest BCUT2D eigenvalue weighted by Gasteiger charge is -2.00. The summed E-state index contributed by atoms with van der Waals surface area (Å²) in [6, 6.07) is 0. The molecule has 0 atom stereocenters. The van der Waals surface area contributed by atoms with Crippen LogP contribution in [0.1, 0.15) is 40.5 Å². The summed E-state index contributed by atoms with van der Waals surface area (Å²) in [6.45, 7) is 8.76. The fourth-order valence-corrected chi connectivity index (χ4v) is 1.23. The van der Waals surface area contributed by atoms with E-state index in [1.165, 1.54) is 17.2 Å². The molecule has 0 aromatic rings. The summed E-state index contributed by atoms with van der Waals surface area (Å²) in [5, 5.41) is 2.80. The quantitative estimate of drug-likeness (QED) is 0.540. The van der Waals surface area contributed by atoms with Gasteiger partial charge in [-0.2, -0.15) is 0 Å². The Balaban J connectivity index is 3.79. The molecule has 0 radical (unpaired) electrons. The summed E-state index contributed by atoms with van der Waals surface area (Å²) in [5.41, 5.74) is 2.67. The Morgan fingerprint density at radius 2 is 1.88 bits per heavy atom. The number of hydrogen-bond donors (Lipinski definition) is 1. The molecule has 0 aliphatic heterocycles. The molecule has 0 bridgehead atoms. The van der Waals surface area contributed by atoms with Crippen LogP contribution in [0.25, 0.3) is 0 Å². The highest BCUT2D eigenvalue weighted by atomic mass is 16.1. The van der Waals surface area contributed by atoms with Crippen molar-refractivity contribution in [1.29, 1.82) is 0 Å². The molecule has 0 spiro atoms. The fourth-order valence-electron chi connectivity index (χ4n) is 1.23. The first-order valence-corrected chi connectivity index (χ1v) is 5.75. The molecule has 0 aliphatic carbocycles. The summed E-state index contributed by atoms with van der Waals surface area (Å²) >= 11 is 0. The van der Waals surface area contributed by atoms with Gasteiger partial charge in [-0.05, 0) is 46.6 Å². The Kier molecular flexibility index (Phi) is 8.22. The molecule has 0 heterocycles. The van der Waals surface area contributed by atoms with E-state index in [1.54, 1.807) is 6.08 Å². The first-order chi connectivity index (χ1) is 7.56. The predicted octanol–water partition coefficient (Wildman–Crippen LogP) is 3.37. The maximum Gasteiger partial charge on any atom is 0.243 e. The summed E-state index contributed by atoms with van der Waals surface area (Å²) in [7, 11) is 0. The molecule has 0 saturated carbocycles. The number of nitrogens with one attached hydrogen (secondary N) is 1. The van der Waals surface area contributed by atoms with Crippen LogP contribution in [0.4, 0.5) is 0 Å². The van der Waals surface area contributed by atoms with Gasteiger partial charge in [-0.25, -0.2) is 0 Å². The molecule has 2 heteroatoms. The Bertz CT molecular complexity index is 294. The fraction of sp³-hybridized carbons (Fsp3) is 0.500. The third-order valence-electron chi connectivity index (χ3n) is 2.14. The number of allylic oxidation sites excluding steroid dienone is 4. The monoisotopic (exact) mass is 221 g/mol. The van der Waals surface area contributed by atoms with E-state index in [0.717, 1.165) is 12.8 Å². The molecular weight excluding hydrogens is 198 g/mol. The summed E-state index contributed by atoms with van der Waals surface area (Å²) in [5.74, 6) is -0.0316. The smallest absolute Gasteiger partial charge is 0.243 e. The van der Waals surface area contributed by atoms with E-state index in [2.05, 4.69) is 38.2 Å². The Morgan fingerprint density at radius 1 is 1.19 bits per heavy atom. The average Bonchev–Trinajstić information content (AvgIpc) is 2.17. The largest absolute Gasteiger partial charge is 0.349 e. The molecule has 0 aromatic heterocycles. The van der Waals surface area contributed by atoms with Gasteiger partial charge < -0.3 is 5.32 Å².